The first-order valence-corrected chi connectivity index (χ1v) is 11.0. The van der Waals surface area contributed by atoms with Crippen molar-refractivity contribution in [3.63, 3.8) is 0 Å². The molecule has 0 bridgehead atoms. The van der Waals surface area contributed by atoms with Crippen LogP contribution in [0.3, 0.4) is 0 Å². The summed E-state index contributed by atoms with van der Waals surface area (Å²) in [5.74, 6) is 1.87. The number of hydrogen-bond acceptors (Lipinski definition) is 6. The number of rotatable bonds is 7. The van der Waals surface area contributed by atoms with E-state index >= 15 is 0 Å². The van der Waals surface area contributed by atoms with Gasteiger partial charge >= 0.3 is 0 Å². The Kier molecular flexibility index (Phi) is 5.50. The quantitative estimate of drug-likeness (QED) is 0.417. The number of aromatic nitrogens is 2. The molecule has 7 heteroatoms. The van der Waals surface area contributed by atoms with Crippen molar-refractivity contribution in [1.82, 2.24) is 15.0 Å². The minimum Gasteiger partial charge on any atom is -0.489 e. The summed E-state index contributed by atoms with van der Waals surface area (Å²) < 4.78 is 11.3. The number of ether oxygens (including phenoxy) is 1. The lowest BCUT2D eigenvalue weighted by atomic mass is 10.1. The zero-order valence-corrected chi connectivity index (χ0v) is 17.6. The Bertz CT molecular complexity index is 1140. The van der Waals surface area contributed by atoms with Gasteiger partial charge in [0.1, 0.15) is 12.4 Å². The molecule has 2 aromatic heterocycles. The molecule has 0 aliphatic carbocycles. The Labute approximate surface area is 184 Å². The zero-order valence-electron chi connectivity index (χ0n) is 16.8. The van der Waals surface area contributed by atoms with Gasteiger partial charge in [-0.25, -0.2) is 0 Å². The maximum atomic E-state index is 12.4. The summed E-state index contributed by atoms with van der Waals surface area (Å²) in [6, 6.07) is 21.7. The third-order valence-corrected chi connectivity index (χ3v) is 6.15. The van der Waals surface area contributed by atoms with Gasteiger partial charge in [-0.3, -0.25) is 4.79 Å². The average Bonchev–Trinajstić information content (AvgIpc) is 3.56. The van der Waals surface area contributed by atoms with Crippen molar-refractivity contribution in [2.24, 2.45) is 0 Å². The first-order valence-electron chi connectivity index (χ1n) is 10.2. The van der Waals surface area contributed by atoms with Crippen molar-refractivity contribution in [2.75, 3.05) is 6.54 Å². The molecule has 0 radical (unpaired) electrons. The molecule has 1 atom stereocenters. The van der Waals surface area contributed by atoms with Crippen LogP contribution in [0.4, 0.5) is 0 Å². The lowest BCUT2D eigenvalue weighted by molar-refractivity contribution is -0.128. The summed E-state index contributed by atoms with van der Waals surface area (Å²) in [7, 11) is 0. The molecular weight excluding hydrogens is 410 g/mol. The molecular formula is C24H21N3O3S. The highest BCUT2D eigenvalue weighted by molar-refractivity contribution is 7.09. The Hall–Kier alpha value is -3.45. The van der Waals surface area contributed by atoms with E-state index in [0.717, 1.165) is 16.9 Å². The summed E-state index contributed by atoms with van der Waals surface area (Å²) >= 11 is 1.66. The van der Waals surface area contributed by atoms with Crippen LogP contribution in [-0.2, 0) is 17.9 Å². The molecule has 156 valence electrons. The van der Waals surface area contributed by atoms with E-state index in [1.807, 2.05) is 77.0 Å². The number of carbonyl (C=O) groups excluding carboxylic acids is 1. The SMILES string of the molecule is O=C1CC(c2nc(-c3ccc(OCc4ccccc4)cc3)no2)CN1Cc1cccs1. The number of hydrogen-bond donors (Lipinski definition) is 0. The molecule has 1 aliphatic heterocycles. The highest BCUT2D eigenvalue weighted by atomic mass is 32.1. The smallest absolute Gasteiger partial charge is 0.232 e. The minimum atomic E-state index is -0.0674. The lowest BCUT2D eigenvalue weighted by Gasteiger charge is -2.14. The van der Waals surface area contributed by atoms with Crippen LogP contribution in [0.25, 0.3) is 11.4 Å². The van der Waals surface area contributed by atoms with Gasteiger partial charge in [-0.1, -0.05) is 41.6 Å². The van der Waals surface area contributed by atoms with Gasteiger partial charge in [0, 0.05) is 23.4 Å². The van der Waals surface area contributed by atoms with E-state index in [0.29, 0.717) is 37.8 Å². The highest BCUT2D eigenvalue weighted by Crippen LogP contribution is 2.30. The van der Waals surface area contributed by atoms with Crippen molar-refractivity contribution in [2.45, 2.75) is 25.5 Å². The summed E-state index contributed by atoms with van der Waals surface area (Å²) in [5, 5.41) is 6.15. The molecule has 1 amide bonds. The minimum absolute atomic E-state index is 0.0674. The number of amides is 1. The second-order valence-corrected chi connectivity index (χ2v) is 8.54. The first kappa shape index (κ1) is 19.5. The molecule has 0 spiro atoms. The van der Waals surface area contributed by atoms with E-state index in [9.17, 15) is 4.79 Å². The molecule has 31 heavy (non-hydrogen) atoms. The predicted octanol–water partition coefficient (Wildman–Crippen LogP) is 4.89. The normalized spacial score (nSPS) is 16.1. The molecule has 2 aromatic carbocycles. The summed E-state index contributed by atoms with van der Waals surface area (Å²) in [6.07, 6.45) is 0.402. The Morgan fingerprint density at radius 3 is 2.68 bits per heavy atom. The average molecular weight is 432 g/mol. The van der Waals surface area contributed by atoms with Crippen LogP contribution in [0.15, 0.2) is 76.6 Å². The molecule has 5 rings (SSSR count). The summed E-state index contributed by atoms with van der Waals surface area (Å²) in [6.45, 7) is 1.76. The first-order chi connectivity index (χ1) is 15.2. The number of nitrogens with zero attached hydrogens (tertiary/aromatic N) is 3. The van der Waals surface area contributed by atoms with Gasteiger partial charge in [0.15, 0.2) is 0 Å². The molecule has 1 fully saturated rings. The van der Waals surface area contributed by atoms with Gasteiger partial charge < -0.3 is 14.2 Å². The van der Waals surface area contributed by atoms with E-state index in [1.54, 1.807) is 11.3 Å². The lowest BCUT2D eigenvalue weighted by Crippen LogP contribution is -2.23. The van der Waals surface area contributed by atoms with E-state index in [4.69, 9.17) is 9.26 Å². The van der Waals surface area contributed by atoms with Crippen molar-refractivity contribution in [1.29, 1.82) is 0 Å². The van der Waals surface area contributed by atoms with Crippen LogP contribution in [0.5, 0.6) is 5.75 Å². The maximum absolute atomic E-state index is 12.4. The number of benzene rings is 2. The standard InChI is InChI=1S/C24H21N3O3S/c28-22-13-19(14-27(22)15-21-7-4-12-31-21)24-25-23(26-30-24)18-8-10-20(11-9-18)29-16-17-5-2-1-3-6-17/h1-12,19H,13-16H2. The van der Waals surface area contributed by atoms with Crippen LogP contribution < -0.4 is 4.74 Å². The van der Waals surface area contributed by atoms with Crippen molar-refractivity contribution < 1.29 is 14.1 Å². The third-order valence-electron chi connectivity index (χ3n) is 5.29. The fraction of sp³-hybridized carbons (Fsp3) is 0.208. The monoisotopic (exact) mass is 431 g/mol. The highest BCUT2D eigenvalue weighted by Gasteiger charge is 2.34. The van der Waals surface area contributed by atoms with E-state index in [1.165, 1.54) is 4.88 Å². The second-order valence-electron chi connectivity index (χ2n) is 7.51. The molecule has 0 N–H and O–H groups in total. The van der Waals surface area contributed by atoms with Gasteiger partial charge in [0.25, 0.3) is 0 Å². The zero-order chi connectivity index (χ0) is 21.0. The molecule has 3 heterocycles. The number of carbonyl (C=O) groups is 1. The fourth-order valence-corrected chi connectivity index (χ4v) is 4.36. The van der Waals surface area contributed by atoms with Crippen LogP contribution in [0.2, 0.25) is 0 Å². The number of likely N-dealkylation sites (tertiary alicyclic amines) is 1. The van der Waals surface area contributed by atoms with Gasteiger partial charge in [-0.2, -0.15) is 4.98 Å². The van der Waals surface area contributed by atoms with Gasteiger partial charge in [0.2, 0.25) is 17.6 Å². The molecule has 1 unspecified atom stereocenters. The molecule has 0 saturated carbocycles. The maximum Gasteiger partial charge on any atom is 0.232 e. The van der Waals surface area contributed by atoms with Crippen molar-refractivity contribution in [3.05, 3.63) is 88.4 Å². The molecule has 4 aromatic rings. The van der Waals surface area contributed by atoms with Gasteiger partial charge in [-0.15, -0.1) is 11.3 Å². The molecule has 1 saturated heterocycles. The summed E-state index contributed by atoms with van der Waals surface area (Å²) in [4.78, 5) is 20.0. The van der Waals surface area contributed by atoms with Gasteiger partial charge in [0.05, 0.1) is 12.5 Å². The van der Waals surface area contributed by atoms with E-state index in [2.05, 4.69) is 10.1 Å². The van der Waals surface area contributed by atoms with Crippen molar-refractivity contribution >= 4 is 17.2 Å². The van der Waals surface area contributed by atoms with E-state index in [-0.39, 0.29) is 11.8 Å². The molecule has 1 aliphatic rings. The van der Waals surface area contributed by atoms with E-state index < -0.39 is 0 Å². The van der Waals surface area contributed by atoms with Crippen LogP contribution in [0, 0.1) is 0 Å². The Morgan fingerprint density at radius 1 is 1.06 bits per heavy atom. The fourth-order valence-electron chi connectivity index (χ4n) is 3.64. The second kappa shape index (κ2) is 8.73. The predicted molar refractivity (Wildman–Crippen MR) is 118 cm³/mol. The Balaban J connectivity index is 1.22. The largest absolute Gasteiger partial charge is 0.489 e. The van der Waals surface area contributed by atoms with Crippen LogP contribution in [-0.4, -0.2) is 27.5 Å². The Morgan fingerprint density at radius 2 is 1.90 bits per heavy atom. The molecule has 6 nitrogen and oxygen atoms in total. The third kappa shape index (κ3) is 4.51. The topological polar surface area (TPSA) is 68.5 Å². The van der Waals surface area contributed by atoms with Crippen LogP contribution in [0.1, 0.15) is 28.7 Å². The number of thiophene rings is 1. The van der Waals surface area contributed by atoms with Crippen LogP contribution >= 0.6 is 11.3 Å². The van der Waals surface area contributed by atoms with Crippen molar-refractivity contribution in [3.8, 4) is 17.1 Å². The summed E-state index contributed by atoms with van der Waals surface area (Å²) in [5.41, 5.74) is 1.97. The van der Waals surface area contributed by atoms with Gasteiger partial charge in [-0.05, 0) is 41.3 Å².